The summed E-state index contributed by atoms with van der Waals surface area (Å²) in [6.45, 7) is 7.21. The standard InChI is InChI=1S/C25H31F2N3O3/c1-14-20(30-22(24(28)32)21(29-14)23(26)27)18-11-9-17(10-12-18)16-7-5-15(6-8-16)13-19(31)33-25(2,3)4/h9-12,15-16,23H,5-8,13H2,1-4H3,(H2,28,32). The Hall–Kier alpha value is -2.90. The number of nitrogens with two attached hydrogens (primary N) is 1. The molecule has 1 amide bonds. The van der Waals surface area contributed by atoms with Crippen LogP contribution in [0.4, 0.5) is 8.78 Å². The third-order valence-corrected chi connectivity index (χ3v) is 5.91. The minimum Gasteiger partial charge on any atom is -0.460 e. The van der Waals surface area contributed by atoms with Crippen molar-refractivity contribution in [3.8, 4) is 11.3 Å². The fourth-order valence-corrected chi connectivity index (χ4v) is 4.38. The lowest BCUT2D eigenvalue weighted by atomic mass is 9.77. The zero-order valence-corrected chi connectivity index (χ0v) is 19.5. The molecule has 1 aliphatic rings. The van der Waals surface area contributed by atoms with Crippen LogP contribution in [0.3, 0.4) is 0 Å². The molecule has 3 rings (SSSR count). The van der Waals surface area contributed by atoms with Gasteiger partial charge in [0.05, 0.1) is 11.4 Å². The van der Waals surface area contributed by atoms with Gasteiger partial charge < -0.3 is 10.5 Å². The monoisotopic (exact) mass is 459 g/mol. The summed E-state index contributed by atoms with van der Waals surface area (Å²) in [5, 5.41) is 0. The number of primary amides is 1. The lowest BCUT2D eigenvalue weighted by Crippen LogP contribution is -2.26. The first-order chi connectivity index (χ1) is 15.4. The molecule has 0 aliphatic heterocycles. The van der Waals surface area contributed by atoms with Crippen molar-refractivity contribution in [2.45, 2.75) is 77.7 Å². The number of esters is 1. The second kappa shape index (κ2) is 9.93. The van der Waals surface area contributed by atoms with Crippen molar-refractivity contribution in [3.63, 3.8) is 0 Å². The number of benzene rings is 1. The lowest BCUT2D eigenvalue weighted by Gasteiger charge is -2.29. The molecule has 1 aliphatic carbocycles. The van der Waals surface area contributed by atoms with E-state index in [2.05, 4.69) is 9.97 Å². The molecule has 0 atom stereocenters. The van der Waals surface area contributed by atoms with E-state index in [1.807, 2.05) is 45.0 Å². The molecule has 2 N–H and O–H groups in total. The van der Waals surface area contributed by atoms with Gasteiger partial charge in [-0.2, -0.15) is 0 Å². The van der Waals surface area contributed by atoms with Crippen LogP contribution in [0.5, 0.6) is 0 Å². The minimum absolute atomic E-state index is 0.139. The van der Waals surface area contributed by atoms with Gasteiger partial charge in [-0.1, -0.05) is 24.3 Å². The fraction of sp³-hybridized carbons (Fsp3) is 0.520. The molecule has 0 bridgehead atoms. The second-order valence-corrected chi connectivity index (χ2v) is 9.69. The minimum atomic E-state index is -2.93. The molecule has 0 radical (unpaired) electrons. The number of aryl methyl sites for hydroxylation is 1. The third-order valence-electron chi connectivity index (χ3n) is 5.91. The topological polar surface area (TPSA) is 95.2 Å². The summed E-state index contributed by atoms with van der Waals surface area (Å²) in [7, 11) is 0. The Labute approximate surface area is 193 Å². The van der Waals surface area contributed by atoms with Crippen molar-refractivity contribution < 1.29 is 23.1 Å². The highest BCUT2D eigenvalue weighted by molar-refractivity contribution is 5.92. The van der Waals surface area contributed by atoms with E-state index in [4.69, 9.17) is 10.5 Å². The molecule has 0 spiro atoms. The maximum atomic E-state index is 13.2. The number of alkyl halides is 2. The van der Waals surface area contributed by atoms with E-state index in [0.717, 1.165) is 25.7 Å². The third kappa shape index (κ3) is 6.33. The number of nitrogens with zero attached hydrogens (tertiary/aromatic N) is 2. The van der Waals surface area contributed by atoms with E-state index in [9.17, 15) is 18.4 Å². The van der Waals surface area contributed by atoms with Crippen molar-refractivity contribution >= 4 is 11.9 Å². The summed E-state index contributed by atoms with van der Waals surface area (Å²) in [6, 6.07) is 7.73. The molecular weight excluding hydrogens is 428 g/mol. The maximum absolute atomic E-state index is 13.2. The molecule has 0 unspecified atom stereocenters. The number of hydrogen-bond donors (Lipinski definition) is 1. The Morgan fingerprint density at radius 1 is 1.09 bits per heavy atom. The highest BCUT2D eigenvalue weighted by atomic mass is 19.3. The lowest BCUT2D eigenvalue weighted by molar-refractivity contribution is -0.156. The molecular formula is C25H31F2N3O3. The average Bonchev–Trinajstić information content (AvgIpc) is 2.72. The first kappa shape index (κ1) is 24.7. The Kier molecular flexibility index (Phi) is 7.44. The molecule has 33 heavy (non-hydrogen) atoms. The molecule has 2 aromatic rings. The normalized spacial score (nSPS) is 18.9. The first-order valence-electron chi connectivity index (χ1n) is 11.2. The SMILES string of the molecule is Cc1nc(C(F)F)c(C(N)=O)nc1-c1ccc(C2CCC(CC(=O)OC(C)(C)C)CC2)cc1. The Morgan fingerprint density at radius 2 is 1.70 bits per heavy atom. The Morgan fingerprint density at radius 3 is 2.21 bits per heavy atom. The summed E-state index contributed by atoms with van der Waals surface area (Å²) >= 11 is 0. The van der Waals surface area contributed by atoms with Gasteiger partial charge in [0.2, 0.25) is 0 Å². The predicted octanol–water partition coefficient (Wildman–Crippen LogP) is 5.49. The smallest absolute Gasteiger partial charge is 0.306 e. The van der Waals surface area contributed by atoms with Crippen LogP contribution in [-0.2, 0) is 9.53 Å². The van der Waals surface area contributed by atoms with E-state index in [1.54, 1.807) is 6.92 Å². The van der Waals surface area contributed by atoms with Crippen LogP contribution in [0.15, 0.2) is 24.3 Å². The van der Waals surface area contributed by atoms with Gasteiger partial charge in [0, 0.05) is 12.0 Å². The summed E-state index contributed by atoms with van der Waals surface area (Å²) < 4.78 is 31.8. The van der Waals surface area contributed by atoms with Gasteiger partial charge in [0.1, 0.15) is 11.3 Å². The largest absolute Gasteiger partial charge is 0.460 e. The van der Waals surface area contributed by atoms with Crippen LogP contribution in [0.25, 0.3) is 11.3 Å². The molecule has 178 valence electrons. The predicted molar refractivity (Wildman–Crippen MR) is 121 cm³/mol. The van der Waals surface area contributed by atoms with Crippen molar-refractivity contribution in [3.05, 3.63) is 46.9 Å². The second-order valence-electron chi connectivity index (χ2n) is 9.69. The van der Waals surface area contributed by atoms with Crippen LogP contribution in [0, 0.1) is 12.8 Å². The van der Waals surface area contributed by atoms with Gasteiger partial charge in [0.15, 0.2) is 5.69 Å². The molecule has 8 heteroatoms. The van der Waals surface area contributed by atoms with Gasteiger partial charge in [0.25, 0.3) is 12.3 Å². The van der Waals surface area contributed by atoms with Crippen molar-refractivity contribution in [2.24, 2.45) is 11.7 Å². The highest BCUT2D eigenvalue weighted by Gasteiger charge is 2.27. The summed E-state index contributed by atoms with van der Waals surface area (Å²) in [5.41, 5.74) is 6.12. The number of rotatable bonds is 6. The molecule has 0 saturated heterocycles. The molecule has 1 heterocycles. The number of amides is 1. The van der Waals surface area contributed by atoms with E-state index in [-0.39, 0.29) is 5.97 Å². The fourth-order valence-electron chi connectivity index (χ4n) is 4.38. The van der Waals surface area contributed by atoms with Crippen LogP contribution in [0.2, 0.25) is 0 Å². The van der Waals surface area contributed by atoms with E-state index in [0.29, 0.717) is 35.2 Å². The molecule has 1 fully saturated rings. The van der Waals surface area contributed by atoms with E-state index < -0.39 is 29.3 Å². The molecule has 1 aromatic carbocycles. The van der Waals surface area contributed by atoms with Gasteiger partial charge >= 0.3 is 5.97 Å². The van der Waals surface area contributed by atoms with Crippen molar-refractivity contribution in [1.82, 2.24) is 9.97 Å². The van der Waals surface area contributed by atoms with Crippen LogP contribution >= 0.6 is 0 Å². The van der Waals surface area contributed by atoms with Crippen molar-refractivity contribution in [1.29, 1.82) is 0 Å². The van der Waals surface area contributed by atoms with E-state index >= 15 is 0 Å². The number of ether oxygens (including phenoxy) is 1. The average molecular weight is 460 g/mol. The highest BCUT2D eigenvalue weighted by Crippen LogP contribution is 2.38. The zero-order chi connectivity index (χ0) is 24.3. The summed E-state index contributed by atoms with van der Waals surface area (Å²) in [5.74, 6) is -0.434. The Balaban J connectivity index is 1.68. The van der Waals surface area contributed by atoms with Gasteiger partial charge in [-0.05, 0) is 70.8 Å². The van der Waals surface area contributed by atoms with Crippen LogP contribution < -0.4 is 5.73 Å². The number of aromatic nitrogens is 2. The van der Waals surface area contributed by atoms with E-state index in [1.165, 1.54) is 5.56 Å². The quantitative estimate of drug-likeness (QED) is 0.576. The number of carbonyl (C=O) groups is 2. The number of hydrogen-bond acceptors (Lipinski definition) is 5. The van der Waals surface area contributed by atoms with Crippen LogP contribution in [0.1, 0.15) is 92.7 Å². The van der Waals surface area contributed by atoms with Crippen LogP contribution in [-0.4, -0.2) is 27.4 Å². The number of halogens is 2. The zero-order valence-electron chi connectivity index (χ0n) is 19.5. The van der Waals surface area contributed by atoms with Crippen molar-refractivity contribution in [2.75, 3.05) is 0 Å². The van der Waals surface area contributed by atoms with Gasteiger partial charge in [-0.25, -0.2) is 18.7 Å². The molecule has 6 nitrogen and oxygen atoms in total. The Bertz CT molecular complexity index is 1010. The first-order valence-corrected chi connectivity index (χ1v) is 11.2. The summed E-state index contributed by atoms with van der Waals surface area (Å²) in [6.07, 6.45) is 1.43. The van der Waals surface area contributed by atoms with Gasteiger partial charge in [-0.3, -0.25) is 9.59 Å². The van der Waals surface area contributed by atoms with Gasteiger partial charge in [-0.15, -0.1) is 0 Å². The summed E-state index contributed by atoms with van der Waals surface area (Å²) in [4.78, 5) is 31.7. The number of carbonyl (C=O) groups excluding carboxylic acids is 2. The maximum Gasteiger partial charge on any atom is 0.306 e. The molecule has 1 aromatic heterocycles. The molecule has 1 saturated carbocycles.